The fourth-order valence-electron chi connectivity index (χ4n) is 2.40. The summed E-state index contributed by atoms with van der Waals surface area (Å²) in [5.41, 5.74) is 0. The van der Waals surface area contributed by atoms with Gasteiger partial charge in [0.15, 0.2) is 9.84 Å². The van der Waals surface area contributed by atoms with E-state index < -0.39 is 31.9 Å². The van der Waals surface area contributed by atoms with Crippen LogP contribution < -0.4 is 0 Å². The molecule has 1 atom stereocenters. The van der Waals surface area contributed by atoms with E-state index in [-0.39, 0.29) is 28.5 Å². The number of aliphatic carboxylic acids is 1. The number of sulfone groups is 1. The molecule has 0 aliphatic carbocycles. The zero-order valence-electron chi connectivity index (χ0n) is 12.0. The Morgan fingerprint density at radius 2 is 1.91 bits per heavy atom. The van der Waals surface area contributed by atoms with Gasteiger partial charge in [0.1, 0.15) is 6.04 Å². The van der Waals surface area contributed by atoms with Gasteiger partial charge < -0.3 is 5.11 Å². The van der Waals surface area contributed by atoms with Gasteiger partial charge in [-0.3, -0.25) is 4.79 Å². The minimum Gasteiger partial charge on any atom is -0.480 e. The lowest BCUT2D eigenvalue weighted by atomic mass is 10.2. The van der Waals surface area contributed by atoms with E-state index in [0.29, 0.717) is 6.42 Å². The van der Waals surface area contributed by atoms with Crippen LogP contribution in [0.25, 0.3) is 0 Å². The van der Waals surface area contributed by atoms with Crippen LogP contribution in [0.15, 0.2) is 34.1 Å². The molecule has 0 unspecified atom stereocenters. The van der Waals surface area contributed by atoms with Crippen LogP contribution in [0.5, 0.6) is 0 Å². The molecule has 0 radical (unpaired) electrons. The second-order valence-corrected chi connectivity index (χ2v) is 9.16. The summed E-state index contributed by atoms with van der Waals surface area (Å²) in [5, 5.41) is 9.11. The number of nitrogens with zero attached hydrogens (tertiary/aromatic N) is 1. The van der Waals surface area contributed by atoms with Crippen molar-refractivity contribution in [3.63, 3.8) is 0 Å². The first-order valence-electron chi connectivity index (χ1n) is 6.77. The van der Waals surface area contributed by atoms with Crippen molar-refractivity contribution < 1.29 is 26.7 Å². The van der Waals surface area contributed by atoms with E-state index in [1.807, 2.05) is 0 Å². The Labute approximate surface area is 129 Å². The summed E-state index contributed by atoms with van der Waals surface area (Å²) >= 11 is 0. The molecule has 0 spiro atoms. The van der Waals surface area contributed by atoms with Crippen LogP contribution in [0.1, 0.15) is 19.8 Å². The Morgan fingerprint density at radius 1 is 1.27 bits per heavy atom. The largest absolute Gasteiger partial charge is 0.480 e. The van der Waals surface area contributed by atoms with Crippen molar-refractivity contribution in [1.29, 1.82) is 0 Å². The molecule has 1 heterocycles. The lowest BCUT2D eigenvalue weighted by Gasteiger charge is -2.21. The summed E-state index contributed by atoms with van der Waals surface area (Å²) in [6, 6.07) is 3.95. The molecule has 1 aliphatic heterocycles. The lowest BCUT2D eigenvalue weighted by Crippen LogP contribution is -2.40. The number of sulfonamides is 1. The van der Waals surface area contributed by atoms with Crippen LogP contribution in [-0.2, 0) is 24.7 Å². The number of benzene rings is 1. The van der Waals surface area contributed by atoms with Gasteiger partial charge in [0.25, 0.3) is 0 Å². The summed E-state index contributed by atoms with van der Waals surface area (Å²) in [4.78, 5) is 10.9. The van der Waals surface area contributed by atoms with Crippen LogP contribution in [0, 0.1) is 0 Å². The second-order valence-electron chi connectivity index (χ2n) is 4.99. The predicted octanol–water partition coefficient (Wildman–Crippen LogP) is 0.718. The topological polar surface area (TPSA) is 109 Å². The first kappa shape index (κ1) is 16.9. The van der Waals surface area contributed by atoms with Crippen molar-refractivity contribution >= 4 is 25.8 Å². The minimum atomic E-state index is -4.04. The third-order valence-corrected chi connectivity index (χ3v) is 7.28. The van der Waals surface area contributed by atoms with Crippen molar-refractivity contribution in [3.05, 3.63) is 24.3 Å². The quantitative estimate of drug-likeness (QED) is 0.840. The standard InChI is InChI=1S/C13H17NO6S2/c1-2-21(17,18)10-5-3-6-11(9-10)22(19,20)14-8-4-7-12(14)13(15)16/h3,5-6,9,12H,2,4,7-8H2,1H3,(H,15,16)/t12-/m0/s1. The van der Waals surface area contributed by atoms with Crippen molar-refractivity contribution in [3.8, 4) is 0 Å². The van der Waals surface area contributed by atoms with Gasteiger partial charge >= 0.3 is 5.97 Å². The highest BCUT2D eigenvalue weighted by Crippen LogP contribution is 2.27. The maximum atomic E-state index is 12.6. The SMILES string of the molecule is CCS(=O)(=O)c1cccc(S(=O)(=O)N2CCC[C@H]2C(=O)O)c1. The van der Waals surface area contributed by atoms with Crippen LogP contribution >= 0.6 is 0 Å². The van der Waals surface area contributed by atoms with E-state index in [1.165, 1.54) is 25.1 Å². The Balaban J connectivity index is 2.47. The first-order valence-corrected chi connectivity index (χ1v) is 9.87. The molecule has 1 aliphatic rings. The van der Waals surface area contributed by atoms with Gasteiger partial charge in [0.05, 0.1) is 15.5 Å². The lowest BCUT2D eigenvalue weighted by molar-refractivity contribution is -0.140. The second kappa shape index (κ2) is 5.98. The summed E-state index contributed by atoms with van der Waals surface area (Å²) in [6.45, 7) is 1.58. The Morgan fingerprint density at radius 3 is 2.50 bits per heavy atom. The molecular weight excluding hydrogens is 330 g/mol. The molecule has 2 rings (SSSR count). The highest BCUT2D eigenvalue weighted by molar-refractivity contribution is 7.91. The van der Waals surface area contributed by atoms with Gasteiger partial charge in [-0.2, -0.15) is 4.31 Å². The molecule has 0 bridgehead atoms. The molecule has 1 aromatic carbocycles. The zero-order chi connectivity index (χ0) is 16.5. The molecule has 1 saturated heterocycles. The Hall–Kier alpha value is -1.45. The van der Waals surface area contributed by atoms with Crippen LogP contribution in [0.3, 0.4) is 0 Å². The van der Waals surface area contributed by atoms with Gasteiger partial charge in [-0.15, -0.1) is 0 Å². The van der Waals surface area contributed by atoms with Gasteiger partial charge in [-0.25, -0.2) is 16.8 Å². The smallest absolute Gasteiger partial charge is 0.322 e. The zero-order valence-corrected chi connectivity index (χ0v) is 13.6. The van der Waals surface area contributed by atoms with E-state index in [0.717, 1.165) is 10.4 Å². The summed E-state index contributed by atoms with van der Waals surface area (Å²) < 4.78 is 49.8. The maximum Gasteiger partial charge on any atom is 0.322 e. The fourth-order valence-corrected chi connectivity index (χ4v) is 5.10. The van der Waals surface area contributed by atoms with Gasteiger partial charge in [-0.05, 0) is 31.0 Å². The summed E-state index contributed by atoms with van der Waals surface area (Å²) in [7, 11) is -7.57. The number of hydrogen-bond donors (Lipinski definition) is 1. The van der Waals surface area contributed by atoms with E-state index in [2.05, 4.69) is 0 Å². The van der Waals surface area contributed by atoms with E-state index >= 15 is 0 Å². The molecule has 0 saturated carbocycles. The molecule has 1 aromatic rings. The van der Waals surface area contributed by atoms with E-state index in [4.69, 9.17) is 5.11 Å². The Kier molecular flexibility index (Phi) is 4.59. The number of rotatable bonds is 5. The van der Waals surface area contributed by atoms with Gasteiger partial charge in [0, 0.05) is 6.54 Å². The van der Waals surface area contributed by atoms with Crippen LogP contribution in [-0.4, -0.2) is 50.6 Å². The van der Waals surface area contributed by atoms with Crippen molar-refractivity contribution in [2.24, 2.45) is 0 Å². The predicted molar refractivity (Wildman–Crippen MR) is 78.7 cm³/mol. The highest BCUT2D eigenvalue weighted by atomic mass is 32.2. The molecular formula is C13H17NO6S2. The summed E-state index contributed by atoms with van der Waals surface area (Å²) in [5.74, 6) is -1.34. The normalized spacial score (nSPS) is 20.1. The molecule has 1 fully saturated rings. The van der Waals surface area contributed by atoms with Gasteiger partial charge in [-0.1, -0.05) is 13.0 Å². The van der Waals surface area contributed by atoms with E-state index in [9.17, 15) is 21.6 Å². The van der Waals surface area contributed by atoms with Gasteiger partial charge in [0.2, 0.25) is 10.0 Å². The molecule has 122 valence electrons. The fraction of sp³-hybridized carbons (Fsp3) is 0.462. The van der Waals surface area contributed by atoms with Crippen LogP contribution in [0.4, 0.5) is 0 Å². The number of carboxylic acid groups (broad SMARTS) is 1. The molecule has 0 aromatic heterocycles. The molecule has 22 heavy (non-hydrogen) atoms. The number of carbonyl (C=O) groups is 1. The molecule has 1 N–H and O–H groups in total. The van der Waals surface area contributed by atoms with Crippen molar-refractivity contribution in [2.45, 2.75) is 35.6 Å². The van der Waals surface area contributed by atoms with Crippen molar-refractivity contribution in [2.75, 3.05) is 12.3 Å². The third kappa shape index (κ3) is 3.01. The average molecular weight is 347 g/mol. The minimum absolute atomic E-state index is 0.0813. The monoisotopic (exact) mass is 347 g/mol. The number of hydrogen-bond acceptors (Lipinski definition) is 5. The molecule has 9 heteroatoms. The molecule has 7 nitrogen and oxygen atoms in total. The third-order valence-electron chi connectivity index (χ3n) is 3.64. The van der Waals surface area contributed by atoms with Crippen LogP contribution in [0.2, 0.25) is 0 Å². The summed E-state index contributed by atoms with van der Waals surface area (Å²) in [6.07, 6.45) is 0.713. The molecule has 0 amide bonds. The first-order chi connectivity index (χ1) is 10.2. The number of carboxylic acids is 1. The highest BCUT2D eigenvalue weighted by Gasteiger charge is 2.39. The van der Waals surface area contributed by atoms with E-state index in [1.54, 1.807) is 0 Å². The van der Waals surface area contributed by atoms with Crippen molar-refractivity contribution in [1.82, 2.24) is 4.31 Å². The average Bonchev–Trinajstić information content (AvgIpc) is 2.98. The Bertz CT molecular complexity index is 785. The maximum absolute atomic E-state index is 12.6.